The quantitative estimate of drug-likeness (QED) is 0.0996. The van der Waals surface area contributed by atoms with Gasteiger partial charge in [0.15, 0.2) is 0 Å². The van der Waals surface area contributed by atoms with Crippen molar-refractivity contribution in [3.63, 3.8) is 0 Å². The number of rotatable bonds is 18. The van der Waals surface area contributed by atoms with Gasteiger partial charge in [-0.05, 0) is 62.5 Å². The van der Waals surface area contributed by atoms with Crippen molar-refractivity contribution in [3.8, 4) is 0 Å². The van der Waals surface area contributed by atoms with Crippen LogP contribution >= 0.6 is 24.1 Å². The van der Waals surface area contributed by atoms with E-state index in [9.17, 15) is 0 Å². The zero-order valence-electron chi connectivity index (χ0n) is 21.4. The number of aryl methyl sites for hydroxylation is 2. The van der Waals surface area contributed by atoms with Crippen LogP contribution in [0.5, 0.6) is 0 Å². The Morgan fingerprint density at radius 1 is 0.622 bits per heavy atom. The zero-order chi connectivity index (χ0) is 25.4. The molecule has 0 fully saturated rings. The standard InChI is InChI=1S/C30H38N4OS2/c1-3-9-25(10-4-1)13-7-15-27(29-21-31-23-33-29)17-19-36-35-37-20-18-28(30-22-32-24-34-30)16-8-14-26-11-5-2-6-12-26/h1-6,9-12,21-24,27-28H,7-8,13-20H2,(H,31,33)(H,32,34). The van der Waals surface area contributed by atoms with Crippen LogP contribution in [0.25, 0.3) is 0 Å². The molecule has 0 spiro atoms. The van der Waals surface area contributed by atoms with Gasteiger partial charge in [0.25, 0.3) is 0 Å². The smallest absolute Gasteiger partial charge is 0.0921 e. The summed E-state index contributed by atoms with van der Waals surface area (Å²) < 4.78 is 5.90. The third kappa shape index (κ3) is 10.1. The largest absolute Gasteiger partial charge is 0.348 e. The molecule has 0 aliphatic carbocycles. The van der Waals surface area contributed by atoms with Crippen molar-refractivity contribution in [2.24, 2.45) is 0 Å². The summed E-state index contributed by atoms with van der Waals surface area (Å²) in [6, 6.07) is 21.5. The van der Waals surface area contributed by atoms with Crippen molar-refractivity contribution in [2.75, 3.05) is 11.5 Å². The van der Waals surface area contributed by atoms with E-state index in [0.29, 0.717) is 11.8 Å². The van der Waals surface area contributed by atoms with E-state index < -0.39 is 0 Å². The second-order valence-electron chi connectivity index (χ2n) is 9.45. The molecule has 4 aromatic rings. The summed E-state index contributed by atoms with van der Waals surface area (Å²) in [7, 11) is 0. The lowest BCUT2D eigenvalue weighted by atomic mass is 9.95. The molecule has 2 aromatic carbocycles. The third-order valence-corrected chi connectivity index (χ3v) is 8.41. The van der Waals surface area contributed by atoms with Crippen LogP contribution < -0.4 is 0 Å². The maximum atomic E-state index is 5.90. The zero-order valence-corrected chi connectivity index (χ0v) is 23.1. The highest BCUT2D eigenvalue weighted by Gasteiger charge is 2.15. The molecule has 0 radical (unpaired) electrons. The van der Waals surface area contributed by atoms with Gasteiger partial charge in [-0.15, -0.1) is 0 Å². The number of imidazole rings is 2. The minimum absolute atomic E-state index is 0.488. The first-order valence-electron chi connectivity index (χ1n) is 13.3. The van der Waals surface area contributed by atoms with Crippen LogP contribution in [0.15, 0.2) is 85.7 Å². The maximum Gasteiger partial charge on any atom is 0.0921 e. The third-order valence-electron chi connectivity index (χ3n) is 6.84. The molecule has 2 N–H and O–H groups in total. The van der Waals surface area contributed by atoms with Gasteiger partial charge in [0, 0.05) is 71.2 Å². The van der Waals surface area contributed by atoms with Gasteiger partial charge in [0.2, 0.25) is 0 Å². The predicted octanol–water partition coefficient (Wildman–Crippen LogP) is 8.14. The summed E-state index contributed by atoms with van der Waals surface area (Å²) in [4.78, 5) is 15.1. The van der Waals surface area contributed by atoms with E-state index in [4.69, 9.17) is 3.63 Å². The lowest BCUT2D eigenvalue weighted by Gasteiger charge is -2.16. The van der Waals surface area contributed by atoms with Gasteiger partial charge in [-0.3, -0.25) is 0 Å². The number of hydrogen-bond acceptors (Lipinski definition) is 5. The van der Waals surface area contributed by atoms with Crippen molar-refractivity contribution >= 4 is 24.1 Å². The first-order chi connectivity index (χ1) is 18.4. The second-order valence-corrected chi connectivity index (χ2v) is 11.3. The molecule has 0 saturated carbocycles. The SMILES string of the molecule is c1ccc(CCCC(CCSOSCCC(CCCc2ccccc2)c2cnc[nH]2)c2cnc[nH]2)cc1. The molecule has 0 amide bonds. The average Bonchev–Trinajstić information content (AvgIpc) is 3.67. The van der Waals surface area contributed by atoms with Crippen LogP contribution in [0.1, 0.15) is 72.9 Å². The van der Waals surface area contributed by atoms with Crippen LogP contribution in [0.4, 0.5) is 0 Å². The molecule has 37 heavy (non-hydrogen) atoms. The Bertz CT molecular complexity index is 988. The van der Waals surface area contributed by atoms with Gasteiger partial charge in [-0.2, -0.15) is 0 Å². The predicted molar refractivity (Wildman–Crippen MR) is 157 cm³/mol. The molecule has 0 aliphatic rings. The van der Waals surface area contributed by atoms with Crippen LogP contribution in [0, 0.1) is 0 Å². The first-order valence-corrected chi connectivity index (χ1v) is 15.2. The topological polar surface area (TPSA) is 66.6 Å². The Balaban J connectivity index is 1.12. The van der Waals surface area contributed by atoms with E-state index in [1.54, 1.807) is 36.7 Å². The van der Waals surface area contributed by atoms with E-state index in [2.05, 4.69) is 80.6 Å². The minimum Gasteiger partial charge on any atom is -0.348 e. The number of aromatic amines is 2. The fraction of sp³-hybridized carbons (Fsp3) is 0.400. The summed E-state index contributed by atoms with van der Waals surface area (Å²) in [5.74, 6) is 2.93. The van der Waals surface area contributed by atoms with Crippen LogP contribution in [0.2, 0.25) is 0 Å². The molecule has 0 aliphatic heterocycles. The Labute approximate surface area is 230 Å². The molecular formula is C30H38N4OS2. The highest BCUT2D eigenvalue weighted by molar-refractivity contribution is 8.07. The Kier molecular flexibility index (Phi) is 12.2. The van der Waals surface area contributed by atoms with Gasteiger partial charge in [0.05, 0.1) is 12.7 Å². The van der Waals surface area contributed by atoms with Crippen molar-refractivity contribution in [2.45, 2.75) is 63.2 Å². The number of hydrogen-bond donors (Lipinski definition) is 2. The van der Waals surface area contributed by atoms with Gasteiger partial charge >= 0.3 is 0 Å². The minimum atomic E-state index is 0.488. The highest BCUT2D eigenvalue weighted by atomic mass is 32.2. The van der Waals surface area contributed by atoms with Gasteiger partial charge in [-0.25, -0.2) is 13.6 Å². The molecule has 2 heterocycles. The van der Waals surface area contributed by atoms with Gasteiger partial charge in [-0.1, -0.05) is 60.7 Å². The van der Waals surface area contributed by atoms with Crippen molar-refractivity contribution in [3.05, 3.63) is 108 Å². The molecular weight excluding hydrogens is 496 g/mol. The molecule has 2 atom stereocenters. The molecule has 2 aromatic heterocycles. The maximum absolute atomic E-state index is 5.90. The molecule has 196 valence electrons. The molecule has 0 bridgehead atoms. The fourth-order valence-electron chi connectivity index (χ4n) is 4.77. The Hall–Kier alpha value is -2.48. The molecule has 2 unspecified atom stereocenters. The molecule has 5 nitrogen and oxygen atoms in total. The van der Waals surface area contributed by atoms with Gasteiger partial charge in [0.1, 0.15) is 0 Å². The van der Waals surface area contributed by atoms with E-state index in [-0.39, 0.29) is 0 Å². The molecule has 7 heteroatoms. The fourth-order valence-corrected chi connectivity index (χ4v) is 6.35. The molecule has 0 saturated heterocycles. The number of aromatic nitrogens is 4. The summed E-state index contributed by atoms with van der Waals surface area (Å²) in [6.45, 7) is 0. The lowest BCUT2D eigenvalue weighted by Crippen LogP contribution is -2.03. The van der Waals surface area contributed by atoms with Crippen molar-refractivity contribution in [1.29, 1.82) is 0 Å². The number of benzene rings is 2. The summed E-state index contributed by atoms with van der Waals surface area (Å²) in [6.07, 6.45) is 16.6. The Morgan fingerprint density at radius 2 is 1.08 bits per heavy atom. The van der Waals surface area contributed by atoms with Gasteiger partial charge < -0.3 is 9.97 Å². The monoisotopic (exact) mass is 534 g/mol. The highest BCUT2D eigenvalue weighted by Crippen LogP contribution is 2.30. The normalized spacial score (nSPS) is 13.0. The second kappa shape index (κ2) is 16.4. The Morgan fingerprint density at radius 3 is 1.49 bits per heavy atom. The van der Waals surface area contributed by atoms with Crippen LogP contribution in [-0.4, -0.2) is 31.4 Å². The number of nitrogens with one attached hydrogen (secondary N) is 2. The van der Waals surface area contributed by atoms with E-state index in [1.807, 2.05) is 12.4 Å². The summed E-state index contributed by atoms with van der Waals surface area (Å²) in [5, 5.41) is 0. The van der Waals surface area contributed by atoms with E-state index >= 15 is 0 Å². The number of nitrogens with zero attached hydrogens (tertiary/aromatic N) is 2. The van der Waals surface area contributed by atoms with Crippen LogP contribution in [0.3, 0.4) is 0 Å². The first kappa shape index (κ1) is 27.6. The van der Waals surface area contributed by atoms with Crippen molar-refractivity contribution < 1.29 is 3.63 Å². The number of H-pyrrole nitrogens is 2. The van der Waals surface area contributed by atoms with E-state index in [0.717, 1.165) is 50.0 Å². The lowest BCUT2D eigenvalue weighted by molar-refractivity contribution is 0.562. The summed E-state index contributed by atoms with van der Waals surface area (Å²) in [5.41, 5.74) is 5.29. The average molecular weight is 535 g/mol. The van der Waals surface area contributed by atoms with Crippen molar-refractivity contribution in [1.82, 2.24) is 19.9 Å². The van der Waals surface area contributed by atoms with Crippen LogP contribution in [-0.2, 0) is 16.5 Å². The summed E-state index contributed by atoms with van der Waals surface area (Å²) >= 11 is 3.16. The van der Waals surface area contributed by atoms with E-state index in [1.165, 1.54) is 35.4 Å². The molecule has 4 rings (SSSR count).